The van der Waals surface area contributed by atoms with Crippen LogP contribution >= 0.6 is 0 Å². The zero-order valence-electron chi connectivity index (χ0n) is 19.0. The molecule has 0 bridgehead atoms. The van der Waals surface area contributed by atoms with Gasteiger partial charge in [-0.1, -0.05) is 45.0 Å². The molecule has 4 rings (SSSR count). The van der Waals surface area contributed by atoms with Crippen LogP contribution in [0.15, 0.2) is 42.6 Å². The number of likely N-dealkylation sites (tertiary alicyclic amines) is 1. The molecule has 3 heterocycles. The van der Waals surface area contributed by atoms with E-state index in [1.165, 1.54) is 0 Å². The van der Waals surface area contributed by atoms with E-state index in [-0.39, 0.29) is 11.5 Å². The zero-order valence-corrected chi connectivity index (χ0v) is 19.0. The molecule has 4 N–H and O–H groups in total. The van der Waals surface area contributed by atoms with Crippen molar-refractivity contribution in [1.29, 1.82) is 0 Å². The average Bonchev–Trinajstić information content (AvgIpc) is 3.20. The van der Waals surface area contributed by atoms with E-state index in [2.05, 4.69) is 31.1 Å². The average molecular weight is 437 g/mol. The van der Waals surface area contributed by atoms with E-state index < -0.39 is 6.09 Å². The molecule has 1 fully saturated rings. The number of amides is 1. The molecule has 1 aliphatic rings. The minimum absolute atomic E-state index is 0.0744. The van der Waals surface area contributed by atoms with Gasteiger partial charge in [-0.05, 0) is 41.9 Å². The first-order valence-electron chi connectivity index (χ1n) is 11.1. The molecule has 1 saturated heterocycles. The van der Waals surface area contributed by atoms with Crippen LogP contribution in [-0.2, 0) is 6.54 Å². The monoisotopic (exact) mass is 436 g/mol. The molecule has 8 heteroatoms. The maximum atomic E-state index is 11.9. The van der Waals surface area contributed by atoms with Gasteiger partial charge in [-0.2, -0.15) is 0 Å². The Hall–Kier alpha value is -3.13. The van der Waals surface area contributed by atoms with E-state index in [0.717, 1.165) is 35.3 Å². The summed E-state index contributed by atoms with van der Waals surface area (Å²) in [5, 5.41) is 17.8. The van der Waals surface area contributed by atoms with Crippen LogP contribution in [-0.4, -0.2) is 49.8 Å². The minimum Gasteiger partial charge on any atom is -0.465 e. The number of nitrogens with two attached hydrogens (primary N) is 1. The molecule has 0 spiro atoms. The fourth-order valence-electron chi connectivity index (χ4n) is 4.38. The van der Waals surface area contributed by atoms with E-state index in [9.17, 15) is 9.90 Å². The van der Waals surface area contributed by atoms with Gasteiger partial charge in [0.15, 0.2) is 5.65 Å². The number of hydrogen-bond acceptors (Lipinski definition) is 5. The summed E-state index contributed by atoms with van der Waals surface area (Å²) in [6.07, 6.45) is 2.82. The zero-order chi connectivity index (χ0) is 22.9. The molecule has 2 unspecified atom stereocenters. The molecule has 0 aliphatic carbocycles. The molecular weight excluding hydrogens is 404 g/mol. The van der Waals surface area contributed by atoms with Gasteiger partial charge in [0.2, 0.25) is 0 Å². The number of carboxylic acid groups (broad SMARTS) is 1. The number of anilines is 1. The topological polar surface area (TPSA) is 109 Å². The van der Waals surface area contributed by atoms with E-state index in [1.807, 2.05) is 47.1 Å². The minimum atomic E-state index is -0.855. The van der Waals surface area contributed by atoms with Gasteiger partial charge in [0.1, 0.15) is 5.82 Å². The third-order valence-electron chi connectivity index (χ3n) is 6.54. The third kappa shape index (κ3) is 4.55. The lowest BCUT2D eigenvalue weighted by molar-refractivity contribution is 0.0575. The highest BCUT2D eigenvalue weighted by molar-refractivity contribution is 5.66. The van der Waals surface area contributed by atoms with Crippen molar-refractivity contribution in [2.24, 2.45) is 17.1 Å². The van der Waals surface area contributed by atoms with Gasteiger partial charge >= 0.3 is 6.09 Å². The van der Waals surface area contributed by atoms with E-state index >= 15 is 0 Å². The molecule has 32 heavy (non-hydrogen) atoms. The Kier molecular flexibility index (Phi) is 6.06. The van der Waals surface area contributed by atoms with Crippen LogP contribution in [0.3, 0.4) is 0 Å². The summed E-state index contributed by atoms with van der Waals surface area (Å²) in [6, 6.07) is 11.8. The molecule has 1 aliphatic heterocycles. The summed E-state index contributed by atoms with van der Waals surface area (Å²) in [5.74, 6) is 1.06. The Morgan fingerprint density at radius 3 is 2.59 bits per heavy atom. The summed E-state index contributed by atoms with van der Waals surface area (Å²) in [5.41, 5.74) is 9.53. The lowest BCUT2D eigenvalue weighted by Crippen LogP contribution is -2.51. The second-order valence-corrected chi connectivity index (χ2v) is 9.64. The molecule has 1 amide bonds. The van der Waals surface area contributed by atoms with Crippen molar-refractivity contribution in [3.63, 3.8) is 0 Å². The van der Waals surface area contributed by atoms with Crippen LogP contribution in [0.1, 0.15) is 39.2 Å². The van der Waals surface area contributed by atoms with Crippen molar-refractivity contribution in [3.8, 4) is 11.3 Å². The number of imidazole rings is 1. The SMILES string of the molecule is CC(C)(C)C1CCC(CNc2ccc3ncc(-c4ccc(CN)cc4)n3n2)N(C(=O)O)C1. The van der Waals surface area contributed by atoms with Crippen molar-refractivity contribution < 1.29 is 9.90 Å². The number of benzene rings is 1. The maximum Gasteiger partial charge on any atom is 0.407 e. The fourth-order valence-corrected chi connectivity index (χ4v) is 4.38. The summed E-state index contributed by atoms with van der Waals surface area (Å²) >= 11 is 0. The van der Waals surface area contributed by atoms with Crippen LogP contribution in [0.2, 0.25) is 0 Å². The van der Waals surface area contributed by atoms with Crippen molar-refractivity contribution in [1.82, 2.24) is 19.5 Å². The molecule has 170 valence electrons. The molecule has 2 aromatic heterocycles. The van der Waals surface area contributed by atoms with E-state index in [4.69, 9.17) is 10.8 Å². The van der Waals surface area contributed by atoms with Crippen molar-refractivity contribution in [2.75, 3.05) is 18.4 Å². The van der Waals surface area contributed by atoms with Gasteiger partial charge in [0, 0.05) is 25.2 Å². The largest absolute Gasteiger partial charge is 0.465 e. The first-order valence-corrected chi connectivity index (χ1v) is 11.1. The Morgan fingerprint density at radius 2 is 1.94 bits per heavy atom. The molecule has 0 radical (unpaired) electrons. The summed E-state index contributed by atoms with van der Waals surface area (Å²) in [6.45, 7) is 8.15. The third-order valence-corrected chi connectivity index (χ3v) is 6.54. The van der Waals surface area contributed by atoms with Crippen LogP contribution in [0, 0.1) is 11.3 Å². The molecule has 2 atom stereocenters. The second-order valence-electron chi connectivity index (χ2n) is 9.64. The van der Waals surface area contributed by atoms with Crippen LogP contribution in [0.25, 0.3) is 16.9 Å². The highest BCUT2D eigenvalue weighted by Crippen LogP contribution is 2.35. The van der Waals surface area contributed by atoms with Gasteiger partial charge < -0.3 is 21.1 Å². The van der Waals surface area contributed by atoms with Gasteiger partial charge in [-0.25, -0.2) is 14.3 Å². The predicted molar refractivity (Wildman–Crippen MR) is 126 cm³/mol. The van der Waals surface area contributed by atoms with Crippen molar-refractivity contribution >= 4 is 17.6 Å². The summed E-state index contributed by atoms with van der Waals surface area (Å²) in [7, 11) is 0. The standard InChI is InChI=1S/C24H32N6O2/c1-24(2,3)18-8-9-19(29(15-18)23(31)32)13-26-21-10-11-22-27-14-20(30(22)28-21)17-6-4-16(12-25)5-7-17/h4-7,10-11,14,18-19H,8-9,12-13,15,25H2,1-3H3,(H,26,28)(H,31,32). The summed E-state index contributed by atoms with van der Waals surface area (Å²) in [4.78, 5) is 17.9. The lowest BCUT2D eigenvalue weighted by atomic mass is 9.75. The van der Waals surface area contributed by atoms with E-state index in [0.29, 0.717) is 31.4 Å². The smallest absolute Gasteiger partial charge is 0.407 e. The van der Waals surface area contributed by atoms with Crippen LogP contribution in [0.5, 0.6) is 0 Å². The van der Waals surface area contributed by atoms with E-state index in [1.54, 1.807) is 4.90 Å². The van der Waals surface area contributed by atoms with Gasteiger partial charge in [0.05, 0.1) is 17.9 Å². The number of hydrogen-bond donors (Lipinski definition) is 3. The molecule has 1 aromatic carbocycles. The van der Waals surface area contributed by atoms with Crippen molar-refractivity contribution in [2.45, 2.75) is 46.2 Å². The van der Waals surface area contributed by atoms with Crippen LogP contribution in [0.4, 0.5) is 10.6 Å². The number of rotatable bonds is 5. The van der Waals surface area contributed by atoms with Gasteiger partial charge in [-0.3, -0.25) is 0 Å². The van der Waals surface area contributed by atoms with Crippen LogP contribution < -0.4 is 11.1 Å². The Balaban J connectivity index is 1.50. The Bertz CT molecular complexity index is 1090. The Labute approximate surface area is 188 Å². The second kappa shape index (κ2) is 8.78. The Morgan fingerprint density at radius 1 is 1.19 bits per heavy atom. The lowest BCUT2D eigenvalue weighted by Gasteiger charge is -2.43. The number of fused-ring (bicyclic) bond motifs is 1. The van der Waals surface area contributed by atoms with Gasteiger partial charge in [-0.15, -0.1) is 5.10 Å². The first-order chi connectivity index (χ1) is 15.3. The van der Waals surface area contributed by atoms with Gasteiger partial charge in [0.25, 0.3) is 0 Å². The molecule has 3 aromatic rings. The number of aromatic nitrogens is 3. The molecule has 0 saturated carbocycles. The summed E-state index contributed by atoms with van der Waals surface area (Å²) < 4.78 is 1.81. The number of nitrogens with one attached hydrogen (secondary N) is 1. The predicted octanol–water partition coefficient (Wildman–Crippen LogP) is 4.07. The number of piperidine rings is 1. The highest BCUT2D eigenvalue weighted by Gasteiger charge is 2.36. The first kappa shape index (κ1) is 22.1. The number of carbonyl (C=O) groups is 1. The fraction of sp³-hybridized carbons (Fsp3) is 0.458. The molecular formula is C24H32N6O2. The maximum absolute atomic E-state index is 11.9. The van der Waals surface area contributed by atoms with Crippen molar-refractivity contribution in [3.05, 3.63) is 48.2 Å². The quantitative estimate of drug-likeness (QED) is 0.556. The highest BCUT2D eigenvalue weighted by atomic mass is 16.4. The normalized spacial score (nSPS) is 19.3. The molecule has 8 nitrogen and oxygen atoms in total. The number of nitrogens with zero attached hydrogens (tertiary/aromatic N) is 4.